The third-order valence-electron chi connectivity index (χ3n) is 4.32. The van der Waals surface area contributed by atoms with Crippen LogP contribution in [-0.2, 0) is 4.79 Å². The van der Waals surface area contributed by atoms with Crippen molar-refractivity contribution >= 4 is 5.78 Å². The van der Waals surface area contributed by atoms with Crippen molar-refractivity contribution in [2.24, 2.45) is 17.3 Å². The van der Waals surface area contributed by atoms with Crippen LogP contribution in [-0.4, -0.2) is 23.4 Å². The van der Waals surface area contributed by atoms with E-state index in [4.69, 9.17) is 5.11 Å². The molecular weight excluding hydrogens is 202 g/mol. The molecule has 0 amide bonds. The molecule has 0 heterocycles. The van der Waals surface area contributed by atoms with Crippen LogP contribution < -0.4 is 0 Å². The van der Waals surface area contributed by atoms with Gasteiger partial charge in [-0.2, -0.15) is 0 Å². The summed E-state index contributed by atoms with van der Waals surface area (Å²) in [7, 11) is 0. The lowest BCUT2D eigenvalue weighted by molar-refractivity contribution is -0.125. The number of alkyl halides is 2. The molecule has 2 aliphatic carbocycles. The first-order valence-corrected chi connectivity index (χ1v) is 5.40. The third-order valence-corrected chi connectivity index (χ3v) is 4.32. The topological polar surface area (TPSA) is 37.3 Å². The zero-order chi connectivity index (χ0) is 11.3. The van der Waals surface area contributed by atoms with Crippen LogP contribution >= 0.6 is 0 Å². The molecule has 0 aromatic rings. The van der Waals surface area contributed by atoms with Crippen LogP contribution in [0.1, 0.15) is 32.6 Å². The smallest absolute Gasteiger partial charge is 0.248 e. The molecule has 2 fully saturated rings. The molecular formula is C11H16F2O2. The van der Waals surface area contributed by atoms with Gasteiger partial charge in [0.2, 0.25) is 5.92 Å². The molecule has 2 nitrogen and oxygen atoms in total. The monoisotopic (exact) mass is 218 g/mol. The van der Waals surface area contributed by atoms with E-state index in [9.17, 15) is 13.6 Å². The number of Topliss-reactive ketones (excluding diaryl/α,β-unsaturated/α-hetero) is 1. The maximum atomic E-state index is 13.2. The van der Waals surface area contributed by atoms with Crippen LogP contribution in [0.25, 0.3) is 0 Å². The number of carbonyl (C=O) groups is 1. The molecule has 1 N–H and O–H groups in total. The van der Waals surface area contributed by atoms with Crippen molar-refractivity contribution in [2.75, 3.05) is 6.61 Å². The molecule has 0 unspecified atom stereocenters. The van der Waals surface area contributed by atoms with Gasteiger partial charge in [-0.05, 0) is 17.8 Å². The number of aliphatic hydroxyl groups is 1. The molecule has 0 aromatic carbocycles. The van der Waals surface area contributed by atoms with Crippen molar-refractivity contribution < 1.29 is 18.7 Å². The Hall–Kier alpha value is -0.510. The van der Waals surface area contributed by atoms with Gasteiger partial charge < -0.3 is 5.11 Å². The lowest BCUT2D eigenvalue weighted by Gasteiger charge is -2.42. The minimum atomic E-state index is -2.62. The van der Waals surface area contributed by atoms with Crippen molar-refractivity contribution in [3.63, 3.8) is 0 Å². The van der Waals surface area contributed by atoms with Crippen molar-refractivity contribution in [1.82, 2.24) is 0 Å². The summed E-state index contributed by atoms with van der Waals surface area (Å²) in [5.41, 5.74) is -0.395. The second kappa shape index (κ2) is 3.24. The van der Waals surface area contributed by atoms with Crippen LogP contribution in [0.3, 0.4) is 0 Å². The Morgan fingerprint density at radius 3 is 2.73 bits per heavy atom. The zero-order valence-corrected chi connectivity index (χ0v) is 8.80. The average molecular weight is 218 g/mol. The molecule has 86 valence electrons. The first-order valence-electron chi connectivity index (χ1n) is 5.40. The van der Waals surface area contributed by atoms with Gasteiger partial charge in [0, 0.05) is 25.2 Å². The van der Waals surface area contributed by atoms with E-state index in [1.807, 2.05) is 6.92 Å². The van der Waals surface area contributed by atoms with E-state index in [1.54, 1.807) is 0 Å². The van der Waals surface area contributed by atoms with E-state index in [2.05, 4.69) is 0 Å². The lowest BCUT2D eigenvalue weighted by Crippen LogP contribution is -2.41. The molecule has 0 radical (unpaired) electrons. The number of rotatable bonds is 1. The molecule has 2 saturated carbocycles. The summed E-state index contributed by atoms with van der Waals surface area (Å²) in [5.74, 6) is -3.32. The molecule has 0 aliphatic heterocycles. The van der Waals surface area contributed by atoms with E-state index >= 15 is 0 Å². The number of fused-ring (bicyclic) bond motifs is 1. The number of ketones is 1. The fourth-order valence-electron chi connectivity index (χ4n) is 3.18. The van der Waals surface area contributed by atoms with Gasteiger partial charge in [-0.1, -0.05) is 6.92 Å². The number of halogens is 2. The van der Waals surface area contributed by atoms with Gasteiger partial charge in [0.05, 0.1) is 6.61 Å². The number of hydrogen-bond donors (Lipinski definition) is 1. The van der Waals surface area contributed by atoms with Gasteiger partial charge in [0.1, 0.15) is 5.78 Å². The van der Waals surface area contributed by atoms with Gasteiger partial charge in [0.15, 0.2) is 0 Å². The van der Waals surface area contributed by atoms with Gasteiger partial charge >= 0.3 is 0 Å². The van der Waals surface area contributed by atoms with Gasteiger partial charge in [-0.25, -0.2) is 8.78 Å². The summed E-state index contributed by atoms with van der Waals surface area (Å²) in [6.45, 7) is 1.68. The molecule has 0 saturated heterocycles. The van der Waals surface area contributed by atoms with Crippen molar-refractivity contribution in [3.8, 4) is 0 Å². The summed E-state index contributed by atoms with van der Waals surface area (Å²) >= 11 is 0. The summed E-state index contributed by atoms with van der Waals surface area (Å²) < 4.78 is 26.4. The SMILES string of the molecule is C[C@@]12CCC(F)(F)C[C@H]1CC(=O)[C@H]2CO. The van der Waals surface area contributed by atoms with Crippen LogP contribution in [0.15, 0.2) is 0 Å². The van der Waals surface area contributed by atoms with Gasteiger partial charge in [-0.15, -0.1) is 0 Å². The van der Waals surface area contributed by atoms with Crippen LogP contribution in [0, 0.1) is 17.3 Å². The summed E-state index contributed by atoms with van der Waals surface area (Å²) in [6.07, 6.45) is 0.231. The maximum absolute atomic E-state index is 13.2. The van der Waals surface area contributed by atoms with Crippen molar-refractivity contribution in [3.05, 3.63) is 0 Å². The van der Waals surface area contributed by atoms with Gasteiger partial charge in [-0.3, -0.25) is 4.79 Å². The van der Waals surface area contributed by atoms with Crippen LogP contribution in [0.5, 0.6) is 0 Å². The predicted molar refractivity (Wildman–Crippen MR) is 50.6 cm³/mol. The Labute approximate surface area is 87.7 Å². The first-order chi connectivity index (χ1) is 6.89. The average Bonchev–Trinajstić information content (AvgIpc) is 2.35. The Balaban J connectivity index is 2.24. The summed E-state index contributed by atoms with van der Waals surface area (Å²) in [6, 6.07) is 0. The maximum Gasteiger partial charge on any atom is 0.248 e. The molecule has 2 rings (SSSR count). The molecule has 0 spiro atoms. The highest BCUT2D eigenvalue weighted by Crippen LogP contribution is 2.57. The molecule has 2 aliphatic rings. The number of carbonyl (C=O) groups excluding carboxylic acids is 1. The number of hydrogen-bond acceptors (Lipinski definition) is 2. The summed E-state index contributed by atoms with van der Waals surface area (Å²) in [4.78, 5) is 11.6. The molecule has 3 atom stereocenters. The Morgan fingerprint density at radius 1 is 1.47 bits per heavy atom. The first kappa shape index (κ1) is 11.0. The molecule has 0 bridgehead atoms. The third kappa shape index (κ3) is 1.59. The van der Waals surface area contributed by atoms with E-state index in [1.165, 1.54) is 0 Å². The fourth-order valence-corrected chi connectivity index (χ4v) is 3.18. The zero-order valence-electron chi connectivity index (χ0n) is 8.80. The Kier molecular flexibility index (Phi) is 2.37. The Bertz CT molecular complexity index is 290. The second-order valence-corrected chi connectivity index (χ2v) is 5.17. The van der Waals surface area contributed by atoms with E-state index < -0.39 is 17.3 Å². The quantitative estimate of drug-likeness (QED) is 0.731. The molecule has 4 heteroatoms. The van der Waals surface area contributed by atoms with E-state index in [0.717, 1.165) is 0 Å². The molecule has 15 heavy (non-hydrogen) atoms. The highest BCUT2D eigenvalue weighted by Gasteiger charge is 2.57. The number of aliphatic hydroxyl groups excluding tert-OH is 1. The minimum Gasteiger partial charge on any atom is -0.396 e. The van der Waals surface area contributed by atoms with Crippen LogP contribution in [0.4, 0.5) is 8.78 Å². The second-order valence-electron chi connectivity index (χ2n) is 5.17. The van der Waals surface area contributed by atoms with Crippen molar-refractivity contribution in [2.45, 2.75) is 38.5 Å². The lowest BCUT2D eigenvalue weighted by atomic mass is 9.64. The highest BCUT2D eigenvalue weighted by atomic mass is 19.3. The Morgan fingerprint density at radius 2 is 2.13 bits per heavy atom. The minimum absolute atomic E-state index is 0.0392. The molecule has 0 aromatic heterocycles. The standard InChI is InChI=1S/C11H16F2O2/c1-10-2-3-11(12,13)5-7(10)4-9(15)8(10)6-14/h7-8,14H,2-6H2,1H3/t7-,8-,10-/m1/s1. The largest absolute Gasteiger partial charge is 0.396 e. The van der Waals surface area contributed by atoms with E-state index in [-0.39, 0.29) is 37.6 Å². The normalized spacial score (nSPS) is 44.1. The fraction of sp³-hybridized carbons (Fsp3) is 0.909. The van der Waals surface area contributed by atoms with Crippen molar-refractivity contribution in [1.29, 1.82) is 0 Å². The highest BCUT2D eigenvalue weighted by molar-refractivity contribution is 5.85. The van der Waals surface area contributed by atoms with Gasteiger partial charge in [0.25, 0.3) is 0 Å². The summed E-state index contributed by atoms with van der Waals surface area (Å²) in [5, 5.41) is 9.16. The van der Waals surface area contributed by atoms with E-state index in [0.29, 0.717) is 6.42 Å². The predicted octanol–water partition coefficient (Wildman–Crippen LogP) is 2.01. The van der Waals surface area contributed by atoms with Crippen LogP contribution in [0.2, 0.25) is 0 Å².